The molecule has 0 unspecified atom stereocenters. The molecule has 0 saturated carbocycles. The number of anilines is 1. The lowest BCUT2D eigenvalue weighted by atomic mass is 10.2. The maximum atomic E-state index is 12.6. The summed E-state index contributed by atoms with van der Waals surface area (Å²) in [5.41, 5.74) is 1.44. The van der Waals surface area contributed by atoms with Gasteiger partial charge in [0.25, 0.3) is 0 Å². The third-order valence-corrected chi connectivity index (χ3v) is 7.05. The Labute approximate surface area is 181 Å². The molecule has 1 N–H and O–H groups in total. The van der Waals surface area contributed by atoms with Crippen LogP contribution >= 0.6 is 0 Å². The molecule has 3 aromatic rings. The van der Waals surface area contributed by atoms with Crippen LogP contribution in [0.25, 0.3) is 11.4 Å². The van der Waals surface area contributed by atoms with Crippen molar-refractivity contribution >= 4 is 21.6 Å². The highest BCUT2D eigenvalue weighted by Crippen LogP contribution is 2.22. The fourth-order valence-corrected chi connectivity index (χ4v) is 4.99. The van der Waals surface area contributed by atoms with Crippen molar-refractivity contribution in [1.29, 1.82) is 0 Å². The van der Waals surface area contributed by atoms with E-state index in [2.05, 4.69) is 15.5 Å². The van der Waals surface area contributed by atoms with Crippen LogP contribution in [-0.4, -0.2) is 41.9 Å². The van der Waals surface area contributed by atoms with Crippen LogP contribution in [0.4, 0.5) is 5.69 Å². The zero-order chi connectivity index (χ0) is 21.7. The number of nitrogens with one attached hydrogen (secondary N) is 1. The number of rotatable bonds is 8. The van der Waals surface area contributed by atoms with Gasteiger partial charge in [-0.15, -0.1) is 0 Å². The third-order valence-electron chi connectivity index (χ3n) is 5.14. The number of carbonyl (C=O) groups excluding carboxylic acids is 1. The van der Waals surface area contributed by atoms with E-state index in [0.717, 1.165) is 18.4 Å². The Morgan fingerprint density at radius 3 is 2.45 bits per heavy atom. The van der Waals surface area contributed by atoms with Gasteiger partial charge in [-0.1, -0.05) is 35.5 Å². The van der Waals surface area contributed by atoms with Gasteiger partial charge in [0, 0.05) is 37.2 Å². The van der Waals surface area contributed by atoms with Gasteiger partial charge in [0.1, 0.15) is 0 Å². The lowest BCUT2D eigenvalue weighted by Crippen LogP contribution is -2.27. The fraction of sp³-hybridized carbons (Fsp3) is 0.318. The molecule has 0 atom stereocenters. The number of aromatic nitrogens is 2. The van der Waals surface area contributed by atoms with Crippen molar-refractivity contribution in [1.82, 2.24) is 14.4 Å². The van der Waals surface area contributed by atoms with Crippen molar-refractivity contribution in [2.45, 2.75) is 37.0 Å². The number of aryl methyl sites for hydroxylation is 1. The summed E-state index contributed by atoms with van der Waals surface area (Å²) in [5.74, 6) is 0.866. The fourth-order valence-electron chi connectivity index (χ4n) is 3.47. The van der Waals surface area contributed by atoms with Gasteiger partial charge in [-0.2, -0.15) is 9.29 Å². The van der Waals surface area contributed by atoms with E-state index in [1.165, 1.54) is 16.4 Å². The molecule has 1 saturated heterocycles. The van der Waals surface area contributed by atoms with Crippen molar-refractivity contribution < 1.29 is 17.7 Å². The van der Waals surface area contributed by atoms with Crippen LogP contribution in [0, 0.1) is 0 Å². The van der Waals surface area contributed by atoms with Crippen LogP contribution in [0.5, 0.6) is 0 Å². The number of sulfonamides is 1. The standard InChI is InChI=1S/C22H24N4O4S/c27-20(9-6-10-21-24-22(25-30-21)17-7-2-1-3-8-17)23-18-11-13-19(14-12-18)31(28,29)26-15-4-5-16-26/h1-3,7-8,11-14H,4-6,9-10,15-16H2,(H,23,27). The molecule has 162 valence electrons. The molecular weight excluding hydrogens is 416 g/mol. The monoisotopic (exact) mass is 440 g/mol. The van der Waals surface area contributed by atoms with E-state index in [0.29, 0.717) is 43.3 Å². The Balaban J connectivity index is 1.26. The minimum absolute atomic E-state index is 0.155. The van der Waals surface area contributed by atoms with Crippen molar-refractivity contribution in [3.05, 3.63) is 60.5 Å². The third kappa shape index (κ3) is 5.18. The second-order valence-corrected chi connectivity index (χ2v) is 9.35. The number of amides is 1. The van der Waals surface area contributed by atoms with E-state index in [1.54, 1.807) is 12.1 Å². The second kappa shape index (κ2) is 9.40. The molecule has 4 rings (SSSR count). The predicted octanol–water partition coefficient (Wildman–Crippen LogP) is 3.48. The first-order valence-electron chi connectivity index (χ1n) is 10.3. The highest BCUT2D eigenvalue weighted by molar-refractivity contribution is 7.89. The van der Waals surface area contributed by atoms with E-state index in [9.17, 15) is 13.2 Å². The van der Waals surface area contributed by atoms with Crippen molar-refractivity contribution in [3.63, 3.8) is 0 Å². The Hall–Kier alpha value is -3.04. The molecule has 8 nitrogen and oxygen atoms in total. The van der Waals surface area contributed by atoms with Crippen LogP contribution < -0.4 is 5.32 Å². The van der Waals surface area contributed by atoms with Crippen LogP contribution in [0.15, 0.2) is 64.0 Å². The molecule has 31 heavy (non-hydrogen) atoms. The topological polar surface area (TPSA) is 105 Å². The maximum absolute atomic E-state index is 12.6. The molecular formula is C22H24N4O4S. The lowest BCUT2D eigenvalue weighted by Gasteiger charge is -2.15. The number of nitrogens with zero attached hydrogens (tertiary/aromatic N) is 3. The van der Waals surface area contributed by atoms with Crippen molar-refractivity contribution in [2.75, 3.05) is 18.4 Å². The summed E-state index contributed by atoms with van der Waals surface area (Å²) in [4.78, 5) is 16.8. The Bertz CT molecular complexity index is 1120. The summed E-state index contributed by atoms with van der Waals surface area (Å²) in [6.07, 6.45) is 3.13. The van der Waals surface area contributed by atoms with Gasteiger partial charge in [-0.3, -0.25) is 4.79 Å². The van der Waals surface area contributed by atoms with E-state index in [4.69, 9.17) is 4.52 Å². The highest BCUT2D eigenvalue weighted by atomic mass is 32.2. The maximum Gasteiger partial charge on any atom is 0.243 e. The molecule has 0 spiro atoms. The van der Waals surface area contributed by atoms with Gasteiger partial charge in [-0.25, -0.2) is 8.42 Å². The van der Waals surface area contributed by atoms with Crippen LogP contribution in [-0.2, 0) is 21.2 Å². The molecule has 2 heterocycles. The summed E-state index contributed by atoms with van der Waals surface area (Å²) in [5, 5.41) is 6.76. The molecule has 9 heteroatoms. The lowest BCUT2D eigenvalue weighted by molar-refractivity contribution is -0.116. The van der Waals surface area contributed by atoms with Gasteiger partial charge >= 0.3 is 0 Å². The summed E-state index contributed by atoms with van der Waals surface area (Å²) >= 11 is 0. The van der Waals surface area contributed by atoms with Gasteiger partial charge in [0.05, 0.1) is 4.90 Å². The normalized spacial score (nSPS) is 14.6. The molecule has 0 radical (unpaired) electrons. The van der Waals surface area contributed by atoms with Crippen molar-refractivity contribution in [2.24, 2.45) is 0 Å². The molecule has 1 aliphatic rings. The molecule has 1 amide bonds. The molecule has 0 aliphatic carbocycles. The average Bonchev–Trinajstić information content (AvgIpc) is 3.48. The minimum atomic E-state index is -3.45. The van der Waals surface area contributed by atoms with Crippen LogP contribution in [0.1, 0.15) is 31.6 Å². The first kappa shape index (κ1) is 21.2. The number of benzene rings is 2. The summed E-state index contributed by atoms with van der Waals surface area (Å²) in [6.45, 7) is 1.13. The first-order valence-corrected chi connectivity index (χ1v) is 11.7. The quantitative estimate of drug-likeness (QED) is 0.575. The number of carbonyl (C=O) groups is 1. The SMILES string of the molecule is O=C(CCCc1nc(-c2ccccc2)no1)Nc1ccc(S(=O)(=O)N2CCCC2)cc1. The summed E-state index contributed by atoms with van der Waals surface area (Å²) in [6, 6.07) is 15.8. The number of hydrogen-bond acceptors (Lipinski definition) is 6. The molecule has 1 aliphatic heterocycles. The smallest absolute Gasteiger partial charge is 0.243 e. The summed E-state index contributed by atoms with van der Waals surface area (Å²) < 4.78 is 31.9. The highest BCUT2D eigenvalue weighted by Gasteiger charge is 2.26. The Morgan fingerprint density at radius 1 is 1.03 bits per heavy atom. The van der Waals surface area contributed by atoms with Gasteiger partial charge in [0.2, 0.25) is 27.6 Å². The zero-order valence-corrected chi connectivity index (χ0v) is 17.8. The van der Waals surface area contributed by atoms with Gasteiger partial charge in [0.15, 0.2) is 0 Å². The van der Waals surface area contributed by atoms with Crippen LogP contribution in [0.3, 0.4) is 0 Å². The molecule has 2 aromatic carbocycles. The Morgan fingerprint density at radius 2 is 1.74 bits per heavy atom. The van der Waals surface area contributed by atoms with E-state index in [1.807, 2.05) is 30.3 Å². The van der Waals surface area contributed by atoms with Crippen molar-refractivity contribution in [3.8, 4) is 11.4 Å². The summed E-state index contributed by atoms with van der Waals surface area (Å²) in [7, 11) is -3.45. The van der Waals surface area contributed by atoms with Crippen LogP contribution in [0.2, 0.25) is 0 Å². The minimum Gasteiger partial charge on any atom is -0.339 e. The molecule has 1 aromatic heterocycles. The predicted molar refractivity (Wildman–Crippen MR) is 116 cm³/mol. The first-order chi connectivity index (χ1) is 15.0. The molecule has 0 bridgehead atoms. The van der Waals surface area contributed by atoms with E-state index in [-0.39, 0.29) is 17.2 Å². The van der Waals surface area contributed by atoms with E-state index < -0.39 is 10.0 Å². The largest absolute Gasteiger partial charge is 0.339 e. The van der Waals surface area contributed by atoms with Gasteiger partial charge < -0.3 is 9.84 Å². The number of hydrogen-bond donors (Lipinski definition) is 1. The van der Waals surface area contributed by atoms with Gasteiger partial charge in [-0.05, 0) is 43.5 Å². The molecule has 1 fully saturated rings. The van der Waals surface area contributed by atoms with E-state index >= 15 is 0 Å². The average molecular weight is 441 g/mol. The Kier molecular flexibility index (Phi) is 6.43. The zero-order valence-electron chi connectivity index (χ0n) is 17.0. The second-order valence-electron chi connectivity index (χ2n) is 7.42.